The molecule has 0 saturated carbocycles. The van der Waals surface area contributed by atoms with E-state index in [0.717, 1.165) is 0 Å². The van der Waals surface area contributed by atoms with Gasteiger partial charge < -0.3 is 0 Å². The Morgan fingerprint density at radius 3 is 1.40 bits per heavy atom. The van der Waals surface area contributed by atoms with E-state index in [9.17, 15) is 0 Å². The van der Waals surface area contributed by atoms with E-state index in [1.165, 1.54) is 0 Å². The van der Waals surface area contributed by atoms with Crippen molar-refractivity contribution in [1.82, 2.24) is 0 Å². The molecule has 0 rings (SSSR count). The first-order valence-electron chi connectivity index (χ1n) is 0.463. The first-order valence-corrected chi connectivity index (χ1v) is 1.91. The molecule has 0 fully saturated rings. The zero-order chi connectivity index (χ0) is 3.58. The van der Waals surface area contributed by atoms with E-state index in [0.29, 0.717) is 0 Å². The van der Waals surface area contributed by atoms with Crippen LogP contribution in [0.5, 0.6) is 0 Å². The van der Waals surface area contributed by atoms with Crippen molar-refractivity contribution >= 4 is 0 Å². The molecule has 0 amide bonds. The third-order valence-electron chi connectivity index (χ3n) is 0. The van der Waals surface area contributed by atoms with E-state index in [1.54, 1.807) is 0 Å². The Kier molecular flexibility index (Phi) is 9.20. The molecular formula is MnO3Pt. The molecule has 0 atom stereocenters. The van der Waals surface area contributed by atoms with Gasteiger partial charge in [0.25, 0.3) is 0 Å². The maximum atomic E-state index is 8.52. The third kappa shape index (κ3) is 49.1. The van der Waals surface area contributed by atoms with Crippen molar-refractivity contribution in [3.8, 4) is 0 Å². The Bertz CT molecular complexity index is 29.9. The third-order valence-corrected chi connectivity index (χ3v) is 0. The van der Waals surface area contributed by atoms with Gasteiger partial charge in [-0.25, -0.2) is 0 Å². The summed E-state index contributed by atoms with van der Waals surface area (Å²) >= 11 is -3.65. The van der Waals surface area contributed by atoms with Crippen molar-refractivity contribution < 1.29 is 47.8 Å². The van der Waals surface area contributed by atoms with Crippen LogP contribution >= 0.6 is 0 Å². The Hall–Kier alpha value is 0.928. The standard InChI is InChI=1S/Mn.3O.Pt/q;;2*-1;+2. The minimum atomic E-state index is -3.65. The van der Waals surface area contributed by atoms with E-state index in [-0.39, 0.29) is 21.1 Å². The fraction of sp³-hybridized carbons (Fsp3) is 0. The van der Waals surface area contributed by atoms with E-state index >= 15 is 0 Å². The van der Waals surface area contributed by atoms with E-state index in [2.05, 4.69) is 0 Å². The molecule has 35 valence electrons. The zero-order valence-corrected chi connectivity index (χ0v) is 5.37. The minimum absolute atomic E-state index is 0. The molecule has 0 unspecified atom stereocenters. The summed E-state index contributed by atoms with van der Waals surface area (Å²) in [7, 11) is 0. The van der Waals surface area contributed by atoms with Gasteiger partial charge in [0.05, 0.1) is 0 Å². The summed E-state index contributed by atoms with van der Waals surface area (Å²) < 4.78 is 25.6. The molecule has 0 aromatic rings. The molecule has 0 aliphatic rings. The summed E-state index contributed by atoms with van der Waals surface area (Å²) in [5.74, 6) is 0. The SMILES string of the molecule is [O]=[Mn]([O-])[O-].[Pt+2]. The van der Waals surface area contributed by atoms with Gasteiger partial charge in [-0.1, -0.05) is 0 Å². The average molecular weight is 298 g/mol. The van der Waals surface area contributed by atoms with Crippen LogP contribution in [-0.4, -0.2) is 0 Å². The van der Waals surface area contributed by atoms with Crippen LogP contribution in [-0.2, 0) is 39.4 Å². The van der Waals surface area contributed by atoms with Gasteiger partial charge in [-0.3, -0.25) is 0 Å². The van der Waals surface area contributed by atoms with Crippen LogP contribution in [0, 0.1) is 0 Å². The van der Waals surface area contributed by atoms with Gasteiger partial charge in [-0.15, -0.1) is 0 Å². The summed E-state index contributed by atoms with van der Waals surface area (Å²) in [5.41, 5.74) is 0. The van der Waals surface area contributed by atoms with E-state index in [4.69, 9.17) is 12.2 Å². The Balaban J connectivity index is 0. The van der Waals surface area contributed by atoms with Crippen LogP contribution in [0.4, 0.5) is 0 Å². The van der Waals surface area contributed by atoms with Gasteiger partial charge >= 0.3 is 47.8 Å². The first-order chi connectivity index (χ1) is 1.73. The second-order valence-corrected chi connectivity index (χ2v) is 0.779. The van der Waals surface area contributed by atoms with Crippen molar-refractivity contribution in [1.29, 1.82) is 0 Å². The maximum Gasteiger partial charge on any atom is 2.00 e. The van der Waals surface area contributed by atoms with E-state index < -0.39 is 14.5 Å². The van der Waals surface area contributed by atoms with Crippen LogP contribution in [0.1, 0.15) is 0 Å². The van der Waals surface area contributed by atoms with Gasteiger partial charge in [0.1, 0.15) is 0 Å². The molecule has 0 bridgehead atoms. The van der Waals surface area contributed by atoms with Crippen molar-refractivity contribution in [3.05, 3.63) is 0 Å². The van der Waals surface area contributed by atoms with Gasteiger partial charge in [-0.05, 0) is 0 Å². The second kappa shape index (κ2) is 4.93. The van der Waals surface area contributed by atoms with Crippen molar-refractivity contribution in [2.24, 2.45) is 0 Å². The topological polar surface area (TPSA) is 63.2 Å². The first kappa shape index (κ1) is 9.33. The van der Waals surface area contributed by atoms with Crippen LogP contribution in [0.15, 0.2) is 0 Å². The predicted molar refractivity (Wildman–Crippen MR) is 0.686 cm³/mol. The average Bonchev–Trinajstić information content (AvgIpc) is 0.811. The second-order valence-electron chi connectivity index (χ2n) is 0.189. The summed E-state index contributed by atoms with van der Waals surface area (Å²) in [5, 5.41) is 0. The molecule has 3 nitrogen and oxygen atoms in total. The number of hydrogen-bond acceptors (Lipinski definition) is 3. The van der Waals surface area contributed by atoms with Gasteiger partial charge in [0, 0.05) is 0 Å². The summed E-state index contributed by atoms with van der Waals surface area (Å²) in [6, 6.07) is 0. The van der Waals surface area contributed by atoms with Crippen LogP contribution < -0.4 is 8.38 Å². The number of hydrogen-bond donors (Lipinski definition) is 0. The normalized spacial score (nSPS) is 7.00. The van der Waals surface area contributed by atoms with Gasteiger partial charge in [0.15, 0.2) is 0 Å². The van der Waals surface area contributed by atoms with E-state index in [1.807, 2.05) is 0 Å². The zero-order valence-electron chi connectivity index (χ0n) is 1.92. The Morgan fingerprint density at radius 1 is 1.40 bits per heavy atom. The monoisotopic (exact) mass is 298 g/mol. The largest absolute Gasteiger partial charge is 2.00 e. The minimum Gasteiger partial charge on any atom is 2.00 e. The molecule has 0 aromatic carbocycles. The van der Waals surface area contributed by atoms with Crippen LogP contribution in [0.25, 0.3) is 0 Å². The molecule has 5 heavy (non-hydrogen) atoms. The van der Waals surface area contributed by atoms with Gasteiger partial charge in [0.2, 0.25) is 0 Å². The quantitative estimate of drug-likeness (QED) is 0.464. The molecule has 0 N–H and O–H groups in total. The molecule has 0 radical (unpaired) electrons. The summed E-state index contributed by atoms with van der Waals surface area (Å²) in [4.78, 5) is 0. The molecule has 0 saturated heterocycles. The summed E-state index contributed by atoms with van der Waals surface area (Å²) in [6.45, 7) is 0. The summed E-state index contributed by atoms with van der Waals surface area (Å²) in [6.07, 6.45) is 0. The molecule has 0 aliphatic heterocycles. The molecular weight excluding hydrogens is 298 g/mol. The van der Waals surface area contributed by atoms with Crippen molar-refractivity contribution in [3.63, 3.8) is 0 Å². The van der Waals surface area contributed by atoms with Crippen LogP contribution in [0.2, 0.25) is 0 Å². The van der Waals surface area contributed by atoms with Crippen molar-refractivity contribution in [2.45, 2.75) is 0 Å². The van der Waals surface area contributed by atoms with Gasteiger partial charge in [-0.2, -0.15) is 0 Å². The predicted octanol–water partition coefficient (Wildman–Crippen LogP) is -2.50. The molecule has 0 heterocycles. The molecule has 5 heteroatoms. The van der Waals surface area contributed by atoms with Crippen molar-refractivity contribution in [2.75, 3.05) is 0 Å². The number of rotatable bonds is 0. The maximum absolute atomic E-state index is 8.52. The molecule has 0 aliphatic carbocycles. The Morgan fingerprint density at radius 2 is 1.40 bits per heavy atom. The fourth-order valence-electron chi connectivity index (χ4n) is 0. The van der Waals surface area contributed by atoms with Crippen LogP contribution in [0.3, 0.4) is 0 Å². The molecule has 0 aromatic heterocycles. The smallest absolute Gasteiger partial charge is 2.00 e. The molecule has 0 spiro atoms. The Labute approximate surface area is 48.0 Å². The fourth-order valence-corrected chi connectivity index (χ4v) is 0.